The lowest BCUT2D eigenvalue weighted by Gasteiger charge is -2.08. The second kappa shape index (κ2) is 6.18. The SMILES string of the molecule is C=CCN1C(=O)SC(=Cc2cccn2-c2ccc(O)cc2)C1=O. The molecule has 0 bridgehead atoms. The van der Waals surface area contributed by atoms with E-state index in [-0.39, 0.29) is 23.4 Å². The van der Waals surface area contributed by atoms with E-state index in [2.05, 4.69) is 6.58 Å². The van der Waals surface area contributed by atoms with Crippen LogP contribution in [-0.4, -0.2) is 32.3 Å². The molecule has 0 atom stereocenters. The third-order valence-electron chi connectivity index (χ3n) is 3.37. The summed E-state index contributed by atoms with van der Waals surface area (Å²) in [5.41, 5.74) is 1.63. The molecule has 0 spiro atoms. The number of carbonyl (C=O) groups is 2. The van der Waals surface area contributed by atoms with Crippen molar-refractivity contribution in [2.24, 2.45) is 0 Å². The van der Waals surface area contributed by atoms with Gasteiger partial charge in [-0.1, -0.05) is 6.08 Å². The topological polar surface area (TPSA) is 62.5 Å². The van der Waals surface area contributed by atoms with Crippen LogP contribution in [0, 0.1) is 0 Å². The number of benzene rings is 1. The molecule has 1 aliphatic rings. The van der Waals surface area contributed by atoms with Gasteiger partial charge in [0.25, 0.3) is 11.1 Å². The number of hydrogen-bond acceptors (Lipinski definition) is 4. The summed E-state index contributed by atoms with van der Waals surface area (Å²) in [7, 11) is 0. The van der Waals surface area contributed by atoms with E-state index in [1.165, 1.54) is 6.08 Å². The molecule has 2 amide bonds. The predicted molar refractivity (Wildman–Crippen MR) is 90.3 cm³/mol. The van der Waals surface area contributed by atoms with Crippen LogP contribution in [-0.2, 0) is 4.79 Å². The van der Waals surface area contributed by atoms with Crippen LogP contribution in [0.1, 0.15) is 5.69 Å². The maximum Gasteiger partial charge on any atom is 0.293 e. The molecule has 1 aromatic heterocycles. The minimum Gasteiger partial charge on any atom is -0.508 e. The Balaban J connectivity index is 1.94. The molecule has 1 aromatic carbocycles. The maximum absolute atomic E-state index is 12.3. The highest BCUT2D eigenvalue weighted by atomic mass is 32.2. The number of phenolic OH excluding ortho intramolecular Hbond substituents is 1. The first kappa shape index (κ1) is 15.2. The first-order valence-corrected chi connectivity index (χ1v) is 7.75. The molecule has 23 heavy (non-hydrogen) atoms. The Morgan fingerprint density at radius 3 is 2.61 bits per heavy atom. The quantitative estimate of drug-likeness (QED) is 0.691. The van der Waals surface area contributed by atoms with E-state index in [0.717, 1.165) is 28.0 Å². The smallest absolute Gasteiger partial charge is 0.293 e. The Labute approximate surface area is 137 Å². The largest absolute Gasteiger partial charge is 0.508 e. The van der Waals surface area contributed by atoms with Gasteiger partial charge >= 0.3 is 0 Å². The molecule has 1 fully saturated rings. The van der Waals surface area contributed by atoms with Gasteiger partial charge in [-0.15, -0.1) is 6.58 Å². The van der Waals surface area contributed by atoms with Gasteiger partial charge in [-0.25, -0.2) is 0 Å². The van der Waals surface area contributed by atoms with Crippen molar-refractivity contribution in [2.75, 3.05) is 6.54 Å². The van der Waals surface area contributed by atoms with Crippen LogP contribution in [0.5, 0.6) is 5.75 Å². The monoisotopic (exact) mass is 326 g/mol. The van der Waals surface area contributed by atoms with Crippen LogP contribution in [0.3, 0.4) is 0 Å². The van der Waals surface area contributed by atoms with E-state index in [1.54, 1.807) is 30.3 Å². The minimum atomic E-state index is -0.307. The number of hydrogen-bond donors (Lipinski definition) is 1. The molecule has 6 heteroatoms. The molecule has 1 aliphatic heterocycles. The highest BCUT2D eigenvalue weighted by Gasteiger charge is 2.34. The lowest BCUT2D eigenvalue weighted by Crippen LogP contribution is -2.27. The Kier molecular flexibility index (Phi) is 4.08. The Morgan fingerprint density at radius 2 is 1.91 bits per heavy atom. The van der Waals surface area contributed by atoms with Gasteiger partial charge in [0.2, 0.25) is 0 Å². The number of nitrogens with zero attached hydrogens (tertiary/aromatic N) is 2. The Morgan fingerprint density at radius 1 is 1.17 bits per heavy atom. The second-order valence-corrected chi connectivity index (χ2v) is 5.89. The van der Waals surface area contributed by atoms with Crippen molar-refractivity contribution in [1.82, 2.24) is 9.47 Å². The third-order valence-corrected chi connectivity index (χ3v) is 4.28. The van der Waals surface area contributed by atoms with Crippen molar-refractivity contribution >= 4 is 29.0 Å². The van der Waals surface area contributed by atoms with E-state index in [4.69, 9.17) is 0 Å². The summed E-state index contributed by atoms with van der Waals surface area (Å²) >= 11 is 0.924. The van der Waals surface area contributed by atoms with Gasteiger partial charge in [0.05, 0.1) is 4.91 Å². The van der Waals surface area contributed by atoms with Crippen LogP contribution in [0.2, 0.25) is 0 Å². The zero-order valence-electron chi connectivity index (χ0n) is 12.2. The molecule has 0 aliphatic carbocycles. The average molecular weight is 326 g/mol. The number of rotatable bonds is 4. The first-order valence-electron chi connectivity index (χ1n) is 6.93. The summed E-state index contributed by atoms with van der Waals surface area (Å²) in [6.45, 7) is 3.76. The molecule has 2 heterocycles. The van der Waals surface area contributed by atoms with Gasteiger partial charge in [-0.2, -0.15) is 0 Å². The number of phenols is 1. The second-order valence-electron chi connectivity index (χ2n) is 4.90. The molecule has 3 rings (SSSR count). The summed E-state index contributed by atoms with van der Waals surface area (Å²) in [4.78, 5) is 25.7. The van der Waals surface area contributed by atoms with Gasteiger partial charge in [0, 0.05) is 24.1 Å². The Bertz CT molecular complexity index is 806. The van der Waals surface area contributed by atoms with Crippen LogP contribution in [0.25, 0.3) is 11.8 Å². The summed E-state index contributed by atoms with van der Waals surface area (Å²) in [6, 6.07) is 10.4. The average Bonchev–Trinajstić information content (AvgIpc) is 3.09. The van der Waals surface area contributed by atoms with Gasteiger partial charge in [0.1, 0.15) is 5.75 Å². The molecule has 0 unspecified atom stereocenters. The molecule has 1 N–H and O–H groups in total. The number of amides is 2. The maximum atomic E-state index is 12.3. The lowest BCUT2D eigenvalue weighted by molar-refractivity contribution is -0.122. The molecule has 116 valence electrons. The zero-order chi connectivity index (χ0) is 16.4. The molecule has 2 aromatic rings. The zero-order valence-corrected chi connectivity index (χ0v) is 13.0. The van der Waals surface area contributed by atoms with E-state index in [9.17, 15) is 14.7 Å². The van der Waals surface area contributed by atoms with Crippen molar-refractivity contribution in [2.45, 2.75) is 0 Å². The van der Waals surface area contributed by atoms with E-state index in [1.807, 2.05) is 22.9 Å². The fourth-order valence-corrected chi connectivity index (χ4v) is 3.11. The van der Waals surface area contributed by atoms with Crippen molar-refractivity contribution in [3.63, 3.8) is 0 Å². The van der Waals surface area contributed by atoms with E-state index in [0.29, 0.717) is 4.91 Å². The molecule has 5 nitrogen and oxygen atoms in total. The Hall–Kier alpha value is -2.73. The predicted octanol–water partition coefficient (Wildman–Crippen LogP) is 3.41. The number of aromatic hydroxyl groups is 1. The molecule has 1 saturated heterocycles. The van der Waals surface area contributed by atoms with Crippen LogP contribution >= 0.6 is 11.8 Å². The minimum absolute atomic E-state index is 0.188. The molecular formula is C17H14N2O3S. The van der Waals surface area contributed by atoms with Crippen molar-refractivity contribution in [3.8, 4) is 11.4 Å². The number of carbonyl (C=O) groups excluding carboxylic acids is 2. The van der Waals surface area contributed by atoms with Gasteiger partial charge in [-0.3, -0.25) is 14.5 Å². The fourth-order valence-electron chi connectivity index (χ4n) is 2.28. The fraction of sp³-hybridized carbons (Fsp3) is 0.0588. The van der Waals surface area contributed by atoms with Gasteiger partial charge in [0.15, 0.2) is 0 Å². The number of thioether (sulfide) groups is 1. The van der Waals surface area contributed by atoms with Crippen LogP contribution in [0.4, 0.5) is 4.79 Å². The highest BCUT2D eigenvalue weighted by Crippen LogP contribution is 2.32. The van der Waals surface area contributed by atoms with Crippen LogP contribution in [0.15, 0.2) is 60.2 Å². The molecule has 0 radical (unpaired) electrons. The van der Waals surface area contributed by atoms with E-state index >= 15 is 0 Å². The molecule has 0 saturated carbocycles. The molecular weight excluding hydrogens is 312 g/mol. The van der Waals surface area contributed by atoms with Crippen molar-refractivity contribution in [3.05, 3.63) is 65.8 Å². The van der Waals surface area contributed by atoms with Gasteiger partial charge < -0.3 is 9.67 Å². The van der Waals surface area contributed by atoms with E-state index < -0.39 is 0 Å². The third kappa shape index (κ3) is 2.93. The van der Waals surface area contributed by atoms with Crippen molar-refractivity contribution < 1.29 is 14.7 Å². The number of aromatic nitrogens is 1. The summed E-state index contributed by atoms with van der Waals surface area (Å²) in [6.07, 6.45) is 5.07. The highest BCUT2D eigenvalue weighted by molar-refractivity contribution is 8.18. The summed E-state index contributed by atoms with van der Waals surface area (Å²) in [5.74, 6) is -0.119. The first-order chi connectivity index (χ1) is 11.1. The summed E-state index contributed by atoms with van der Waals surface area (Å²) in [5, 5.41) is 9.09. The normalized spacial score (nSPS) is 16.3. The van der Waals surface area contributed by atoms with Crippen molar-refractivity contribution in [1.29, 1.82) is 0 Å². The number of imide groups is 1. The van der Waals surface area contributed by atoms with Crippen LogP contribution < -0.4 is 0 Å². The van der Waals surface area contributed by atoms with Gasteiger partial charge in [-0.05, 0) is 54.2 Å². The summed E-state index contributed by atoms with van der Waals surface area (Å²) < 4.78 is 1.88. The lowest BCUT2D eigenvalue weighted by atomic mass is 10.3. The standard InChI is InChI=1S/C17H14N2O3S/c1-2-9-19-16(21)15(23-17(19)22)11-13-4-3-10-18(13)12-5-7-14(20)8-6-12/h2-8,10-11,20H,1,9H2.